The van der Waals surface area contributed by atoms with Crippen molar-refractivity contribution in [3.05, 3.63) is 30.2 Å². The van der Waals surface area contributed by atoms with E-state index in [4.69, 9.17) is 15.4 Å². The topological polar surface area (TPSA) is 84.6 Å². The van der Waals surface area contributed by atoms with E-state index in [0.29, 0.717) is 12.0 Å². The molecule has 0 unspecified atom stereocenters. The Morgan fingerprint density at radius 1 is 1.57 bits per heavy atom. The lowest BCUT2D eigenvalue weighted by atomic mass is 10.1. The third-order valence-electron chi connectivity index (χ3n) is 1.94. The fourth-order valence-corrected chi connectivity index (χ4v) is 1.31. The Labute approximate surface area is 79.8 Å². The Kier molecular flexibility index (Phi) is 2.06. The third kappa shape index (κ3) is 1.39. The van der Waals surface area contributed by atoms with Crippen molar-refractivity contribution < 1.29 is 9.62 Å². The zero-order chi connectivity index (χ0) is 9.97. The molecule has 0 saturated carbocycles. The third-order valence-corrected chi connectivity index (χ3v) is 1.94. The highest BCUT2D eigenvalue weighted by molar-refractivity contribution is 5.86. The molecule has 5 heteroatoms. The molecular weight excluding hydrogens is 182 g/mol. The molecule has 0 atom stereocenters. The SMILES string of the molecule is N/C(Cc1cccc2ncoc12)=N\O. The van der Waals surface area contributed by atoms with E-state index in [1.165, 1.54) is 6.39 Å². The molecule has 0 aliphatic heterocycles. The van der Waals surface area contributed by atoms with Gasteiger partial charge in [-0.05, 0) is 6.07 Å². The quantitative estimate of drug-likeness (QED) is 0.322. The number of rotatable bonds is 2. The second-order valence-electron chi connectivity index (χ2n) is 2.89. The number of amidine groups is 1. The first-order valence-electron chi connectivity index (χ1n) is 4.09. The zero-order valence-corrected chi connectivity index (χ0v) is 7.34. The molecule has 2 aromatic rings. The predicted molar refractivity (Wildman–Crippen MR) is 51.1 cm³/mol. The van der Waals surface area contributed by atoms with Gasteiger partial charge in [-0.1, -0.05) is 17.3 Å². The van der Waals surface area contributed by atoms with Crippen LogP contribution in [0, 0.1) is 0 Å². The Balaban J connectivity index is 2.46. The van der Waals surface area contributed by atoms with Crippen molar-refractivity contribution in [2.24, 2.45) is 10.9 Å². The number of hydrogen-bond donors (Lipinski definition) is 2. The Bertz CT molecular complexity index is 476. The van der Waals surface area contributed by atoms with Crippen LogP contribution in [0.4, 0.5) is 0 Å². The standard InChI is InChI=1S/C9H9N3O2/c10-8(12-13)4-6-2-1-3-7-9(6)14-5-11-7/h1-3,5,13H,4H2,(H2,10,12). The number of fused-ring (bicyclic) bond motifs is 1. The lowest BCUT2D eigenvalue weighted by Gasteiger charge is -1.99. The second-order valence-corrected chi connectivity index (χ2v) is 2.89. The van der Waals surface area contributed by atoms with Crippen molar-refractivity contribution in [1.29, 1.82) is 0 Å². The predicted octanol–water partition coefficient (Wildman–Crippen LogP) is 1.12. The molecule has 0 radical (unpaired) electrons. The maximum Gasteiger partial charge on any atom is 0.181 e. The summed E-state index contributed by atoms with van der Waals surface area (Å²) in [6.45, 7) is 0. The summed E-state index contributed by atoms with van der Waals surface area (Å²) in [7, 11) is 0. The van der Waals surface area contributed by atoms with Crippen molar-refractivity contribution in [3.8, 4) is 0 Å². The minimum absolute atomic E-state index is 0.147. The molecule has 0 aliphatic carbocycles. The first-order chi connectivity index (χ1) is 6.81. The van der Waals surface area contributed by atoms with Crippen LogP contribution in [0.1, 0.15) is 5.56 Å². The van der Waals surface area contributed by atoms with Gasteiger partial charge in [-0.15, -0.1) is 0 Å². The molecule has 0 aliphatic rings. The van der Waals surface area contributed by atoms with Crippen LogP contribution in [0.3, 0.4) is 0 Å². The van der Waals surface area contributed by atoms with Crippen molar-refractivity contribution in [2.75, 3.05) is 0 Å². The molecule has 0 spiro atoms. The minimum atomic E-state index is 0.147. The molecule has 5 nitrogen and oxygen atoms in total. The van der Waals surface area contributed by atoms with Gasteiger partial charge in [0.1, 0.15) is 11.4 Å². The van der Waals surface area contributed by atoms with Crippen molar-refractivity contribution >= 4 is 16.9 Å². The van der Waals surface area contributed by atoms with E-state index in [-0.39, 0.29) is 5.84 Å². The Morgan fingerprint density at radius 2 is 2.43 bits per heavy atom. The maximum absolute atomic E-state index is 8.44. The summed E-state index contributed by atoms with van der Waals surface area (Å²) < 4.78 is 5.19. The average Bonchev–Trinajstić information content (AvgIpc) is 2.66. The summed E-state index contributed by atoms with van der Waals surface area (Å²) >= 11 is 0. The molecule has 1 aromatic carbocycles. The number of nitrogens with two attached hydrogens (primary N) is 1. The molecule has 1 aromatic heterocycles. The van der Waals surface area contributed by atoms with Crippen LogP contribution in [0.25, 0.3) is 11.1 Å². The van der Waals surface area contributed by atoms with Gasteiger partial charge in [0.25, 0.3) is 0 Å². The monoisotopic (exact) mass is 191 g/mol. The summed E-state index contributed by atoms with van der Waals surface area (Å²) in [5.41, 5.74) is 7.71. The highest BCUT2D eigenvalue weighted by Gasteiger charge is 2.06. The van der Waals surface area contributed by atoms with E-state index in [9.17, 15) is 0 Å². The van der Waals surface area contributed by atoms with Crippen LogP contribution in [0.2, 0.25) is 0 Å². The van der Waals surface area contributed by atoms with Gasteiger partial charge in [0.05, 0.1) is 0 Å². The van der Waals surface area contributed by atoms with Gasteiger partial charge in [0.15, 0.2) is 12.0 Å². The van der Waals surface area contributed by atoms with Gasteiger partial charge < -0.3 is 15.4 Å². The lowest BCUT2D eigenvalue weighted by Crippen LogP contribution is -2.14. The van der Waals surface area contributed by atoms with Crippen molar-refractivity contribution in [3.63, 3.8) is 0 Å². The average molecular weight is 191 g/mol. The first kappa shape index (κ1) is 8.55. The highest BCUT2D eigenvalue weighted by Crippen LogP contribution is 2.17. The van der Waals surface area contributed by atoms with Crippen LogP contribution in [-0.2, 0) is 6.42 Å². The van der Waals surface area contributed by atoms with E-state index in [1.807, 2.05) is 18.2 Å². The van der Waals surface area contributed by atoms with E-state index >= 15 is 0 Å². The Hall–Kier alpha value is -2.04. The molecule has 3 N–H and O–H groups in total. The molecule has 0 bridgehead atoms. The van der Waals surface area contributed by atoms with E-state index in [2.05, 4.69) is 10.1 Å². The van der Waals surface area contributed by atoms with Gasteiger partial charge in [0, 0.05) is 12.0 Å². The summed E-state index contributed by atoms with van der Waals surface area (Å²) in [5.74, 6) is 0.147. The normalized spacial score (nSPS) is 12.1. The van der Waals surface area contributed by atoms with Gasteiger partial charge in [-0.2, -0.15) is 0 Å². The van der Waals surface area contributed by atoms with Crippen LogP contribution in [0.5, 0.6) is 0 Å². The summed E-state index contributed by atoms with van der Waals surface area (Å²) in [4.78, 5) is 4.00. The van der Waals surface area contributed by atoms with E-state index in [1.54, 1.807) is 0 Å². The van der Waals surface area contributed by atoms with Gasteiger partial charge in [-0.3, -0.25) is 0 Å². The van der Waals surface area contributed by atoms with Gasteiger partial charge in [0.2, 0.25) is 0 Å². The first-order valence-corrected chi connectivity index (χ1v) is 4.09. The second kappa shape index (κ2) is 3.37. The van der Waals surface area contributed by atoms with E-state index in [0.717, 1.165) is 11.1 Å². The summed E-state index contributed by atoms with van der Waals surface area (Å²) in [6.07, 6.45) is 1.73. The zero-order valence-electron chi connectivity index (χ0n) is 7.34. The van der Waals surface area contributed by atoms with Gasteiger partial charge >= 0.3 is 0 Å². The van der Waals surface area contributed by atoms with Crippen LogP contribution in [-0.4, -0.2) is 16.0 Å². The smallest absolute Gasteiger partial charge is 0.181 e. The summed E-state index contributed by atoms with van der Waals surface area (Å²) in [5, 5.41) is 11.3. The fourth-order valence-electron chi connectivity index (χ4n) is 1.31. The molecule has 2 rings (SSSR count). The molecule has 0 fully saturated rings. The number of oxime groups is 1. The van der Waals surface area contributed by atoms with Crippen molar-refractivity contribution in [1.82, 2.24) is 4.98 Å². The molecule has 14 heavy (non-hydrogen) atoms. The highest BCUT2D eigenvalue weighted by atomic mass is 16.4. The number of benzene rings is 1. The lowest BCUT2D eigenvalue weighted by molar-refractivity contribution is 0.317. The number of nitrogens with zero attached hydrogens (tertiary/aromatic N) is 2. The van der Waals surface area contributed by atoms with Crippen LogP contribution >= 0.6 is 0 Å². The number of aromatic nitrogens is 1. The molecule has 0 saturated heterocycles. The molecule has 0 amide bonds. The fraction of sp³-hybridized carbons (Fsp3) is 0.111. The number of oxazole rings is 1. The van der Waals surface area contributed by atoms with Crippen LogP contribution < -0.4 is 5.73 Å². The molecule has 1 heterocycles. The Morgan fingerprint density at radius 3 is 3.21 bits per heavy atom. The van der Waals surface area contributed by atoms with Crippen LogP contribution in [0.15, 0.2) is 34.2 Å². The number of hydrogen-bond acceptors (Lipinski definition) is 4. The molecule has 72 valence electrons. The molecular formula is C9H9N3O2. The summed E-state index contributed by atoms with van der Waals surface area (Å²) in [6, 6.07) is 5.55. The largest absolute Gasteiger partial charge is 0.443 e. The number of para-hydroxylation sites is 1. The minimum Gasteiger partial charge on any atom is -0.443 e. The van der Waals surface area contributed by atoms with Gasteiger partial charge in [-0.25, -0.2) is 4.98 Å². The maximum atomic E-state index is 8.44. The van der Waals surface area contributed by atoms with Crippen molar-refractivity contribution in [2.45, 2.75) is 6.42 Å². The van der Waals surface area contributed by atoms with E-state index < -0.39 is 0 Å².